The van der Waals surface area contributed by atoms with Crippen molar-refractivity contribution in [3.05, 3.63) is 89.5 Å². The Kier molecular flexibility index (Phi) is 9.32. The lowest BCUT2D eigenvalue weighted by molar-refractivity contribution is -0.137. The van der Waals surface area contributed by atoms with E-state index in [1.54, 1.807) is 0 Å². The Hall–Kier alpha value is -3.56. The number of hydrogen-bond donors (Lipinski definition) is 2. The second-order valence-corrected chi connectivity index (χ2v) is 12.4. The van der Waals surface area contributed by atoms with Gasteiger partial charge in [-0.1, -0.05) is 48.5 Å². The Labute approximate surface area is 251 Å². The number of halogens is 3. The molecule has 3 atom stereocenters. The van der Waals surface area contributed by atoms with Crippen LogP contribution in [0.2, 0.25) is 0 Å². The van der Waals surface area contributed by atoms with Crippen molar-refractivity contribution in [1.82, 2.24) is 15.5 Å². The number of alkyl carbamates (subject to hydrolysis) is 1. The van der Waals surface area contributed by atoms with Crippen molar-refractivity contribution in [3.63, 3.8) is 0 Å². The zero-order chi connectivity index (χ0) is 30.6. The van der Waals surface area contributed by atoms with Crippen LogP contribution in [0.5, 0.6) is 5.75 Å². The molecule has 1 aliphatic heterocycles. The van der Waals surface area contributed by atoms with Gasteiger partial charge in [0.1, 0.15) is 18.0 Å². The number of ether oxygens (including phenoxy) is 2. The van der Waals surface area contributed by atoms with Crippen molar-refractivity contribution in [2.24, 2.45) is 0 Å². The molecule has 1 saturated carbocycles. The Morgan fingerprint density at radius 1 is 1.00 bits per heavy atom. The number of alkyl halides is 3. The molecule has 2 fully saturated rings. The van der Waals surface area contributed by atoms with E-state index >= 15 is 0 Å². The zero-order valence-corrected chi connectivity index (χ0v) is 24.9. The van der Waals surface area contributed by atoms with Crippen LogP contribution in [0.25, 0.3) is 11.1 Å². The average molecular weight is 596 g/mol. The van der Waals surface area contributed by atoms with Gasteiger partial charge >= 0.3 is 12.3 Å². The van der Waals surface area contributed by atoms with Crippen molar-refractivity contribution in [2.45, 2.75) is 70.0 Å². The molecule has 1 amide bonds. The molecule has 1 aliphatic carbocycles. The number of rotatable bonds is 10. The van der Waals surface area contributed by atoms with Gasteiger partial charge < -0.3 is 20.1 Å². The molecule has 9 heteroatoms. The van der Waals surface area contributed by atoms with E-state index in [1.807, 2.05) is 57.2 Å². The Bertz CT molecular complexity index is 1370. The highest BCUT2D eigenvalue weighted by atomic mass is 19.4. The van der Waals surface area contributed by atoms with E-state index in [1.165, 1.54) is 12.1 Å². The Morgan fingerprint density at radius 3 is 2.44 bits per heavy atom. The number of nitrogens with one attached hydrogen (secondary N) is 2. The third-order valence-electron chi connectivity index (χ3n) is 7.81. The zero-order valence-electron chi connectivity index (χ0n) is 24.9. The number of hydrogen-bond acceptors (Lipinski definition) is 5. The molecule has 1 saturated heterocycles. The second-order valence-electron chi connectivity index (χ2n) is 12.4. The van der Waals surface area contributed by atoms with Gasteiger partial charge in [0.15, 0.2) is 0 Å². The summed E-state index contributed by atoms with van der Waals surface area (Å²) in [5.41, 5.74) is 2.44. The van der Waals surface area contributed by atoms with Gasteiger partial charge in [0.05, 0.1) is 5.56 Å². The lowest BCUT2D eigenvalue weighted by atomic mass is 9.98. The summed E-state index contributed by atoms with van der Waals surface area (Å²) in [6, 6.07) is 21.6. The summed E-state index contributed by atoms with van der Waals surface area (Å²) < 4.78 is 51.1. The molecule has 0 radical (unpaired) electrons. The minimum absolute atomic E-state index is 0.0924. The van der Waals surface area contributed by atoms with Gasteiger partial charge in [-0.05, 0) is 74.6 Å². The van der Waals surface area contributed by atoms with Crippen LogP contribution in [-0.2, 0) is 17.5 Å². The molecular formula is C34H40F3N3O3. The second kappa shape index (κ2) is 13.0. The first-order chi connectivity index (χ1) is 20.4. The molecule has 5 rings (SSSR count). The van der Waals surface area contributed by atoms with Crippen molar-refractivity contribution < 1.29 is 27.4 Å². The molecule has 0 bridgehead atoms. The lowest BCUT2D eigenvalue weighted by Crippen LogP contribution is -2.41. The smallest absolute Gasteiger partial charge is 0.416 e. The van der Waals surface area contributed by atoms with Gasteiger partial charge in [-0.3, -0.25) is 4.90 Å². The van der Waals surface area contributed by atoms with Crippen molar-refractivity contribution >= 4 is 6.09 Å². The largest absolute Gasteiger partial charge is 0.488 e. The molecule has 230 valence electrons. The van der Waals surface area contributed by atoms with Crippen LogP contribution >= 0.6 is 0 Å². The average Bonchev–Trinajstić information content (AvgIpc) is 3.59. The van der Waals surface area contributed by atoms with Gasteiger partial charge in [0.25, 0.3) is 0 Å². The number of carbonyl (C=O) groups excluding carboxylic acids is 1. The van der Waals surface area contributed by atoms with E-state index in [9.17, 15) is 18.0 Å². The lowest BCUT2D eigenvalue weighted by Gasteiger charge is -2.22. The molecule has 6 nitrogen and oxygen atoms in total. The van der Waals surface area contributed by atoms with E-state index in [2.05, 4.69) is 27.7 Å². The third-order valence-corrected chi connectivity index (χ3v) is 7.81. The van der Waals surface area contributed by atoms with Crippen LogP contribution in [0.4, 0.5) is 18.0 Å². The predicted molar refractivity (Wildman–Crippen MR) is 161 cm³/mol. The first-order valence-corrected chi connectivity index (χ1v) is 14.9. The summed E-state index contributed by atoms with van der Waals surface area (Å²) in [4.78, 5) is 14.4. The highest BCUT2D eigenvalue weighted by Gasteiger charge is 2.38. The van der Waals surface area contributed by atoms with Crippen LogP contribution in [0.1, 0.15) is 56.2 Å². The Balaban J connectivity index is 1.18. The van der Waals surface area contributed by atoms with E-state index in [0.717, 1.165) is 67.8 Å². The number of likely N-dealkylation sites (tertiary alicyclic amines) is 1. The van der Waals surface area contributed by atoms with Gasteiger partial charge in [0, 0.05) is 49.7 Å². The first-order valence-electron chi connectivity index (χ1n) is 14.9. The molecule has 43 heavy (non-hydrogen) atoms. The summed E-state index contributed by atoms with van der Waals surface area (Å²) in [5.74, 6) is 0.970. The molecule has 3 aromatic rings. The normalized spacial score (nSPS) is 20.6. The number of carbonyl (C=O) groups is 1. The van der Waals surface area contributed by atoms with E-state index in [0.29, 0.717) is 29.9 Å². The van der Waals surface area contributed by atoms with Crippen LogP contribution in [0, 0.1) is 0 Å². The van der Waals surface area contributed by atoms with Gasteiger partial charge in [0.2, 0.25) is 0 Å². The molecule has 0 spiro atoms. The molecular weight excluding hydrogens is 555 g/mol. The summed E-state index contributed by atoms with van der Waals surface area (Å²) in [6.45, 7) is 9.39. The van der Waals surface area contributed by atoms with Crippen molar-refractivity contribution in [2.75, 3.05) is 26.2 Å². The van der Waals surface area contributed by atoms with E-state index in [4.69, 9.17) is 9.47 Å². The molecule has 2 aliphatic rings. The van der Waals surface area contributed by atoms with Crippen LogP contribution < -0.4 is 15.4 Å². The monoisotopic (exact) mass is 595 g/mol. The van der Waals surface area contributed by atoms with E-state index in [-0.39, 0.29) is 12.1 Å². The first kappa shape index (κ1) is 30.9. The molecule has 3 aromatic carbocycles. The molecule has 2 N–H and O–H groups in total. The predicted octanol–water partition coefficient (Wildman–Crippen LogP) is 7.00. The van der Waals surface area contributed by atoms with Gasteiger partial charge in [-0.25, -0.2) is 4.79 Å². The fourth-order valence-corrected chi connectivity index (χ4v) is 5.53. The highest BCUT2D eigenvalue weighted by molar-refractivity contribution is 5.72. The number of amides is 1. The minimum Gasteiger partial charge on any atom is -0.488 e. The molecule has 0 unspecified atom stereocenters. The standard InChI is InChI=1S/C34H40F3N3O3/c1-33(2,3)43-32(41)39-27-15-17-40(21-27)18-16-38-30-20-28(30)25-11-14-31(42-22-23-7-5-4-6-8-23)29(19-25)24-9-12-26(13-10-24)34(35,36)37/h4-14,19,27-28,30,38H,15-18,20-22H2,1-3H3,(H,39,41)/t27-,28+,30-/m1/s1. The van der Waals surface area contributed by atoms with Crippen LogP contribution in [0.15, 0.2) is 72.8 Å². The van der Waals surface area contributed by atoms with Crippen molar-refractivity contribution in [3.8, 4) is 16.9 Å². The summed E-state index contributed by atoms with van der Waals surface area (Å²) in [5, 5.41) is 6.62. The van der Waals surface area contributed by atoms with Crippen LogP contribution in [-0.4, -0.2) is 54.9 Å². The van der Waals surface area contributed by atoms with Crippen LogP contribution in [0.3, 0.4) is 0 Å². The third kappa shape index (κ3) is 8.74. The van der Waals surface area contributed by atoms with Gasteiger partial charge in [-0.2, -0.15) is 13.2 Å². The van der Waals surface area contributed by atoms with Crippen molar-refractivity contribution in [1.29, 1.82) is 0 Å². The topological polar surface area (TPSA) is 62.8 Å². The summed E-state index contributed by atoms with van der Waals surface area (Å²) in [7, 11) is 0. The summed E-state index contributed by atoms with van der Waals surface area (Å²) >= 11 is 0. The minimum atomic E-state index is -4.38. The maximum atomic E-state index is 13.2. The molecule has 0 aromatic heterocycles. The number of benzene rings is 3. The SMILES string of the molecule is CC(C)(C)OC(=O)N[C@@H]1CCN(CCN[C@@H]2C[C@H]2c2ccc(OCc3ccccc3)c(-c3ccc(C(F)(F)F)cc3)c2)C1. The fourth-order valence-electron chi connectivity index (χ4n) is 5.53. The van der Waals surface area contributed by atoms with Gasteiger partial charge in [-0.15, -0.1) is 0 Å². The van der Waals surface area contributed by atoms with E-state index < -0.39 is 17.3 Å². The number of nitrogens with zero attached hydrogens (tertiary/aromatic N) is 1. The highest BCUT2D eigenvalue weighted by Crippen LogP contribution is 2.44. The quantitative estimate of drug-likeness (QED) is 0.264. The summed E-state index contributed by atoms with van der Waals surface area (Å²) in [6.07, 6.45) is -2.86. The molecule has 1 heterocycles. The fraction of sp³-hybridized carbons (Fsp3) is 0.441. The maximum Gasteiger partial charge on any atom is 0.416 e. The Morgan fingerprint density at radius 2 is 1.74 bits per heavy atom. The maximum absolute atomic E-state index is 13.2.